The van der Waals surface area contributed by atoms with Crippen LogP contribution < -0.4 is 0 Å². The van der Waals surface area contributed by atoms with E-state index in [-0.39, 0.29) is 0 Å². The van der Waals surface area contributed by atoms with Crippen molar-refractivity contribution in [3.63, 3.8) is 0 Å². The van der Waals surface area contributed by atoms with Crippen LogP contribution in [0.15, 0.2) is 30.3 Å². The summed E-state index contributed by atoms with van der Waals surface area (Å²) < 4.78 is 0. The van der Waals surface area contributed by atoms with Gasteiger partial charge in [0.2, 0.25) is 0 Å². The number of Topliss-reactive ketones (excluding diaryl/α,β-unsaturated/α-hetero) is 1. The molecule has 1 nitrogen and oxygen atoms in total. The van der Waals surface area contributed by atoms with Gasteiger partial charge in [-0.1, -0.05) is 43.7 Å². The Hall–Kier alpha value is -1.11. The van der Waals surface area contributed by atoms with E-state index in [0.717, 1.165) is 38.5 Å². The molecule has 0 bridgehead atoms. The van der Waals surface area contributed by atoms with Crippen molar-refractivity contribution in [1.82, 2.24) is 0 Å². The van der Waals surface area contributed by atoms with E-state index in [1.165, 1.54) is 5.56 Å². The normalized spacial score (nSPS) is 10.2. The number of aryl methyl sites for hydroxylation is 1. The van der Waals surface area contributed by atoms with Gasteiger partial charge < -0.3 is 0 Å². The minimum absolute atomic E-state index is 0.424. The van der Waals surface area contributed by atoms with Crippen LogP contribution in [-0.2, 0) is 11.2 Å². The van der Waals surface area contributed by atoms with Crippen LogP contribution in [0.4, 0.5) is 0 Å². The molecule has 0 aliphatic rings. The number of carbonyl (C=O) groups is 1. The number of carbonyl (C=O) groups excluding carboxylic acids is 1. The summed E-state index contributed by atoms with van der Waals surface area (Å²) in [4.78, 5) is 11.4. The highest BCUT2D eigenvalue weighted by molar-refractivity contribution is 5.78. The maximum absolute atomic E-state index is 11.4. The average molecular weight is 204 g/mol. The summed E-state index contributed by atoms with van der Waals surface area (Å²) in [5.41, 5.74) is 1.33. The molecule has 0 aliphatic heterocycles. The first-order valence-corrected chi connectivity index (χ1v) is 5.88. The second-order valence-corrected chi connectivity index (χ2v) is 3.98. The summed E-state index contributed by atoms with van der Waals surface area (Å²) in [6.07, 6.45) is 5.69. The zero-order valence-corrected chi connectivity index (χ0v) is 9.54. The molecule has 15 heavy (non-hydrogen) atoms. The molecule has 0 atom stereocenters. The van der Waals surface area contributed by atoms with Crippen LogP contribution >= 0.6 is 0 Å². The number of hydrogen-bond acceptors (Lipinski definition) is 1. The van der Waals surface area contributed by atoms with Crippen LogP contribution in [0.3, 0.4) is 0 Å². The number of ketones is 1. The van der Waals surface area contributed by atoms with Crippen molar-refractivity contribution in [1.29, 1.82) is 0 Å². The number of hydrogen-bond donors (Lipinski definition) is 0. The average Bonchev–Trinajstić information content (AvgIpc) is 2.28. The van der Waals surface area contributed by atoms with Gasteiger partial charge in [0.1, 0.15) is 5.78 Å². The number of unbranched alkanes of at least 4 members (excludes halogenated alkanes) is 1. The molecule has 0 aliphatic carbocycles. The lowest BCUT2D eigenvalue weighted by Gasteiger charge is -2.01. The van der Waals surface area contributed by atoms with Crippen molar-refractivity contribution >= 4 is 5.78 Å². The Morgan fingerprint density at radius 3 is 2.40 bits per heavy atom. The van der Waals surface area contributed by atoms with Crippen LogP contribution in [-0.4, -0.2) is 5.78 Å². The van der Waals surface area contributed by atoms with E-state index in [9.17, 15) is 4.79 Å². The first-order chi connectivity index (χ1) is 7.33. The molecule has 1 aromatic carbocycles. The van der Waals surface area contributed by atoms with Gasteiger partial charge in [-0.25, -0.2) is 0 Å². The third kappa shape index (κ3) is 5.36. The topological polar surface area (TPSA) is 17.1 Å². The van der Waals surface area contributed by atoms with Crippen molar-refractivity contribution in [3.8, 4) is 0 Å². The van der Waals surface area contributed by atoms with Gasteiger partial charge in [-0.05, 0) is 24.8 Å². The quantitative estimate of drug-likeness (QED) is 0.660. The molecule has 0 heterocycles. The maximum atomic E-state index is 11.4. The van der Waals surface area contributed by atoms with Gasteiger partial charge in [-0.2, -0.15) is 0 Å². The SMILES string of the molecule is CCCCC(=O)CCCc1ccccc1. The molecule has 1 heteroatoms. The molecule has 0 aromatic heterocycles. The lowest BCUT2D eigenvalue weighted by atomic mass is 10.0. The molecule has 0 spiro atoms. The molecule has 1 rings (SSSR count). The summed E-state index contributed by atoms with van der Waals surface area (Å²) in [5.74, 6) is 0.424. The lowest BCUT2D eigenvalue weighted by molar-refractivity contribution is -0.119. The van der Waals surface area contributed by atoms with Crippen LogP contribution in [0.5, 0.6) is 0 Å². The predicted octanol–water partition coefficient (Wildman–Crippen LogP) is 3.77. The van der Waals surface area contributed by atoms with Crippen LogP contribution in [0.25, 0.3) is 0 Å². The fraction of sp³-hybridized carbons (Fsp3) is 0.500. The zero-order chi connectivity index (χ0) is 10.9. The van der Waals surface area contributed by atoms with Crippen LogP contribution in [0.1, 0.15) is 44.6 Å². The molecule has 0 saturated carbocycles. The van der Waals surface area contributed by atoms with Gasteiger partial charge in [-0.15, -0.1) is 0 Å². The smallest absolute Gasteiger partial charge is 0.132 e. The first kappa shape index (κ1) is 12.0. The van der Waals surface area contributed by atoms with Gasteiger partial charge in [-0.3, -0.25) is 4.79 Å². The Morgan fingerprint density at radius 2 is 1.73 bits per heavy atom. The van der Waals surface area contributed by atoms with E-state index in [1.54, 1.807) is 0 Å². The molecule has 0 saturated heterocycles. The van der Waals surface area contributed by atoms with E-state index in [2.05, 4.69) is 19.1 Å². The van der Waals surface area contributed by atoms with E-state index < -0.39 is 0 Å². The third-order valence-corrected chi connectivity index (χ3v) is 2.57. The molecule has 0 N–H and O–H groups in total. The summed E-state index contributed by atoms with van der Waals surface area (Å²) >= 11 is 0. The molecular formula is C14H20O. The second-order valence-electron chi connectivity index (χ2n) is 3.98. The summed E-state index contributed by atoms with van der Waals surface area (Å²) in [7, 11) is 0. The molecule has 0 fully saturated rings. The van der Waals surface area contributed by atoms with Gasteiger partial charge >= 0.3 is 0 Å². The number of benzene rings is 1. The van der Waals surface area contributed by atoms with Gasteiger partial charge in [0.05, 0.1) is 0 Å². The van der Waals surface area contributed by atoms with Gasteiger partial charge in [0.25, 0.3) is 0 Å². The Labute approximate surface area is 92.5 Å². The van der Waals surface area contributed by atoms with E-state index >= 15 is 0 Å². The van der Waals surface area contributed by atoms with Gasteiger partial charge in [0.15, 0.2) is 0 Å². The molecular weight excluding hydrogens is 184 g/mol. The lowest BCUT2D eigenvalue weighted by Crippen LogP contribution is -1.98. The summed E-state index contributed by atoms with van der Waals surface area (Å²) in [5, 5.41) is 0. The molecule has 0 amide bonds. The maximum Gasteiger partial charge on any atom is 0.132 e. The van der Waals surface area contributed by atoms with Crippen molar-refractivity contribution in [2.75, 3.05) is 0 Å². The highest BCUT2D eigenvalue weighted by atomic mass is 16.1. The van der Waals surface area contributed by atoms with Crippen molar-refractivity contribution < 1.29 is 4.79 Å². The minimum Gasteiger partial charge on any atom is -0.300 e. The standard InChI is InChI=1S/C14H20O/c1-2-3-11-14(15)12-7-10-13-8-5-4-6-9-13/h4-6,8-9H,2-3,7,10-12H2,1H3. The van der Waals surface area contributed by atoms with Crippen LogP contribution in [0, 0.1) is 0 Å². The Kier molecular flexibility index (Phi) is 5.76. The third-order valence-electron chi connectivity index (χ3n) is 2.57. The fourth-order valence-electron chi connectivity index (χ4n) is 1.63. The molecule has 82 valence electrons. The largest absolute Gasteiger partial charge is 0.300 e. The first-order valence-electron chi connectivity index (χ1n) is 5.88. The molecule has 1 aromatic rings. The number of rotatable bonds is 7. The fourth-order valence-corrected chi connectivity index (χ4v) is 1.63. The van der Waals surface area contributed by atoms with Crippen molar-refractivity contribution in [2.45, 2.75) is 45.4 Å². The Balaban J connectivity index is 2.14. The van der Waals surface area contributed by atoms with E-state index in [4.69, 9.17) is 0 Å². The summed E-state index contributed by atoms with van der Waals surface area (Å²) in [6, 6.07) is 10.4. The minimum atomic E-state index is 0.424. The highest BCUT2D eigenvalue weighted by Gasteiger charge is 2.00. The predicted molar refractivity (Wildman–Crippen MR) is 63.9 cm³/mol. The van der Waals surface area contributed by atoms with Gasteiger partial charge in [0, 0.05) is 12.8 Å². The van der Waals surface area contributed by atoms with Crippen molar-refractivity contribution in [3.05, 3.63) is 35.9 Å². The van der Waals surface area contributed by atoms with Crippen molar-refractivity contribution in [2.24, 2.45) is 0 Å². The highest BCUT2D eigenvalue weighted by Crippen LogP contribution is 2.07. The van der Waals surface area contributed by atoms with E-state index in [0.29, 0.717) is 5.78 Å². The Morgan fingerprint density at radius 1 is 1.07 bits per heavy atom. The monoisotopic (exact) mass is 204 g/mol. The molecule has 0 unspecified atom stereocenters. The Bertz CT molecular complexity index is 277. The molecule has 0 radical (unpaired) electrons. The second kappa shape index (κ2) is 7.22. The summed E-state index contributed by atoms with van der Waals surface area (Å²) in [6.45, 7) is 2.12. The zero-order valence-electron chi connectivity index (χ0n) is 9.54. The van der Waals surface area contributed by atoms with Crippen LogP contribution in [0.2, 0.25) is 0 Å². The van der Waals surface area contributed by atoms with E-state index in [1.807, 2.05) is 18.2 Å².